The molecule has 6 rings (SSSR count). The van der Waals surface area contributed by atoms with Gasteiger partial charge in [-0.05, 0) is 74.7 Å². The van der Waals surface area contributed by atoms with Gasteiger partial charge in [-0.2, -0.15) is 0 Å². The van der Waals surface area contributed by atoms with Gasteiger partial charge in [0.25, 0.3) is 10.0 Å². The van der Waals surface area contributed by atoms with Gasteiger partial charge in [0.15, 0.2) is 5.65 Å². The van der Waals surface area contributed by atoms with Crippen LogP contribution in [-0.4, -0.2) is 65.0 Å². The summed E-state index contributed by atoms with van der Waals surface area (Å²) in [6.45, 7) is 11.1. The van der Waals surface area contributed by atoms with E-state index in [-0.39, 0.29) is 11.0 Å². The zero-order chi connectivity index (χ0) is 32.6. The zero-order valence-corrected chi connectivity index (χ0v) is 28.0. The maximum atomic E-state index is 13.8. The van der Waals surface area contributed by atoms with E-state index in [0.717, 1.165) is 47.5 Å². The summed E-state index contributed by atoms with van der Waals surface area (Å²) in [6.07, 6.45) is 3.09. The molecule has 1 saturated heterocycles. The fourth-order valence-electron chi connectivity index (χ4n) is 5.61. The molecule has 238 valence electrons. The molecule has 3 heterocycles. The van der Waals surface area contributed by atoms with Gasteiger partial charge in [-0.15, -0.1) is 0 Å². The van der Waals surface area contributed by atoms with Crippen molar-refractivity contribution >= 4 is 38.8 Å². The van der Waals surface area contributed by atoms with Gasteiger partial charge in [0.05, 0.1) is 4.90 Å². The number of fused-ring (bicyclic) bond motifs is 1. The Balaban J connectivity index is 1.26. The second-order valence-electron chi connectivity index (χ2n) is 12.7. The number of aromatic nitrogens is 2. The first kappa shape index (κ1) is 31.8. The summed E-state index contributed by atoms with van der Waals surface area (Å²) >= 11 is 6.34. The molecular weight excluding hydrogens is 620 g/mol. The smallest absolute Gasteiger partial charge is 0.410 e. The molecule has 1 amide bonds. The largest absolute Gasteiger partial charge is 0.444 e. The van der Waals surface area contributed by atoms with Crippen LogP contribution in [0.1, 0.15) is 31.9 Å². The van der Waals surface area contributed by atoms with E-state index in [0.29, 0.717) is 29.1 Å². The van der Waals surface area contributed by atoms with Crippen LogP contribution in [0.5, 0.6) is 0 Å². The van der Waals surface area contributed by atoms with Crippen LogP contribution in [0.4, 0.5) is 4.79 Å². The summed E-state index contributed by atoms with van der Waals surface area (Å²) in [6, 6.07) is 24.5. The van der Waals surface area contributed by atoms with Gasteiger partial charge in [-0.25, -0.2) is 22.2 Å². The summed E-state index contributed by atoms with van der Waals surface area (Å²) in [5.41, 5.74) is 5.36. The van der Waals surface area contributed by atoms with Gasteiger partial charge in [0.2, 0.25) is 0 Å². The average molecular weight is 657 g/mol. The molecule has 46 heavy (non-hydrogen) atoms. The first-order valence-corrected chi connectivity index (χ1v) is 17.1. The second kappa shape index (κ2) is 12.5. The van der Waals surface area contributed by atoms with Gasteiger partial charge in [-0.3, -0.25) is 4.90 Å². The van der Waals surface area contributed by atoms with E-state index in [1.165, 1.54) is 9.54 Å². The van der Waals surface area contributed by atoms with Crippen LogP contribution in [0.15, 0.2) is 96.2 Å². The Morgan fingerprint density at radius 2 is 1.59 bits per heavy atom. The number of pyridine rings is 1. The number of nitrogens with zero attached hydrogens (tertiary/aromatic N) is 4. The number of piperazine rings is 1. The van der Waals surface area contributed by atoms with Crippen molar-refractivity contribution in [2.45, 2.75) is 44.7 Å². The number of amides is 1. The van der Waals surface area contributed by atoms with Crippen molar-refractivity contribution in [3.05, 3.63) is 107 Å². The third-order valence-corrected chi connectivity index (χ3v) is 9.94. The third-order valence-electron chi connectivity index (χ3n) is 8.04. The maximum absolute atomic E-state index is 13.8. The number of aryl methyl sites for hydroxylation is 1. The van der Waals surface area contributed by atoms with Crippen LogP contribution in [0.3, 0.4) is 0 Å². The van der Waals surface area contributed by atoms with Crippen LogP contribution >= 0.6 is 11.6 Å². The topological polar surface area (TPSA) is 84.7 Å². The fourth-order valence-corrected chi connectivity index (χ4v) is 7.12. The Morgan fingerprint density at radius 3 is 2.24 bits per heavy atom. The molecule has 0 unspecified atom stereocenters. The highest BCUT2D eigenvalue weighted by molar-refractivity contribution is 7.90. The van der Waals surface area contributed by atoms with Crippen LogP contribution in [0, 0.1) is 6.92 Å². The number of hydrogen-bond donors (Lipinski definition) is 0. The van der Waals surface area contributed by atoms with Crippen molar-refractivity contribution in [1.29, 1.82) is 0 Å². The Morgan fingerprint density at radius 1 is 0.891 bits per heavy atom. The van der Waals surface area contributed by atoms with E-state index in [4.69, 9.17) is 21.3 Å². The number of carbonyl (C=O) groups is 1. The van der Waals surface area contributed by atoms with Crippen molar-refractivity contribution in [1.82, 2.24) is 18.8 Å². The fraction of sp³-hybridized carbons (Fsp3) is 0.278. The Labute approximate surface area is 275 Å². The van der Waals surface area contributed by atoms with E-state index < -0.39 is 15.6 Å². The van der Waals surface area contributed by atoms with E-state index in [9.17, 15) is 13.2 Å². The summed E-state index contributed by atoms with van der Waals surface area (Å²) in [7, 11) is -3.91. The number of halogens is 1. The molecule has 0 bridgehead atoms. The molecule has 2 aromatic heterocycles. The molecule has 0 saturated carbocycles. The van der Waals surface area contributed by atoms with Gasteiger partial charge in [-0.1, -0.05) is 65.7 Å². The molecule has 0 N–H and O–H groups in total. The van der Waals surface area contributed by atoms with Crippen molar-refractivity contribution in [3.63, 3.8) is 0 Å². The molecular formula is C36H37ClN4O4S. The molecule has 0 aliphatic carbocycles. The van der Waals surface area contributed by atoms with E-state index in [1.807, 2.05) is 52.0 Å². The lowest BCUT2D eigenvalue weighted by molar-refractivity contribution is 0.0139. The molecule has 0 radical (unpaired) electrons. The Hall–Kier alpha value is -4.18. The molecule has 1 aliphatic heterocycles. The maximum Gasteiger partial charge on any atom is 0.410 e. The molecule has 0 spiro atoms. The van der Waals surface area contributed by atoms with Crippen molar-refractivity contribution in [3.8, 4) is 22.3 Å². The average Bonchev–Trinajstić information content (AvgIpc) is 3.41. The summed E-state index contributed by atoms with van der Waals surface area (Å²) < 4.78 is 34.4. The highest BCUT2D eigenvalue weighted by atomic mass is 35.5. The van der Waals surface area contributed by atoms with Crippen LogP contribution < -0.4 is 0 Å². The number of rotatable bonds is 6. The van der Waals surface area contributed by atoms with Gasteiger partial charge >= 0.3 is 6.09 Å². The standard InChI is InChI=1S/C36H37ClN4O4S/c1-25-8-14-31(15-9-25)46(43,44)41-24-33(28-6-5-7-30(37)20-28)32-21-29(22-38-34(32)41)27-12-10-26(11-13-27)23-39-16-18-40(19-17-39)35(42)45-36(2,3)4/h5-15,20-22,24H,16-19,23H2,1-4H3. The minimum absolute atomic E-state index is 0.195. The lowest BCUT2D eigenvalue weighted by Crippen LogP contribution is -2.49. The van der Waals surface area contributed by atoms with Crippen molar-refractivity contribution in [2.75, 3.05) is 26.2 Å². The molecule has 8 nitrogen and oxygen atoms in total. The quantitative estimate of drug-likeness (QED) is 0.187. The molecule has 10 heteroatoms. The predicted octanol–water partition coefficient (Wildman–Crippen LogP) is 7.62. The van der Waals surface area contributed by atoms with Crippen LogP contribution in [0.2, 0.25) is 5.02 Å². The second-order valence-corrected chi connectivity index (χ2v) is 15.0. The van der Waals surface area contributed by atoms with Crippen LogP contribution in [-0.2, 0) is 21.3 Å². The lowest BCUT2D eigenvalue weighted by atomic mass is 10.0. The minimum atomic E-state index is -3.91. The van der Waals surface area contributed by atoms with Crippen molar-refractivity contribution < 1.29 is 17.9 Å². The van der Waals surface area contributed by atoms with Gasteiger partial charge < -0.3 is 9.64 Å². The number of hydrogen-bond acceptors (Lipinski definition) is 6. The first-order valence-electron chi connectivity index (χ1n) is 15.3. The molecule has 0 atom stereocenters. The predicted molar refractivity (Wildman–Crippen MR) is 182 cm³/mol. The molecule has 5 aromatic rings. The Kier molecular flexibility index (Phi) is 8.67. The van der Waals surface area contributed by atoms with Gasteiger partial charge in [0, 0.05) is 66.7 Å². The minimum Gasteiger partial charge on any atom is -0.444 e. The normalized spacial score (nSPS) is 14.5. The number of ether oxygens (including phenoxy) is 1. The number of benzene rings is 3. The highest BCUT2D eigenvalue weighted by Crippen LogP contribution is 2.35. The SMILES string of the molecule is Cc1ccc(S(=O)(=O)n2cc(-c3cccc(Cl)c3)c3cc(-c4ccc(CN5CCN(C(=O)OC(C)(C)C)CC5)cc4)cnc32)cc1. The van der Waals surface area contributed by atoms with E-state index in [1.54, 1.807) is 47.6 Å². The van der Waals surface area contributed by atoms with E-state index in [2.05, 4.69) is 29.2 Å². The molecule has 1 aliphatic rings. The summed E-state index contributed by atoms with van der Waals surface area (Å²) in [5, 5.41) is 1.27. The highest BCUT2D eigenvalue weighted by Gasteiger charge is 2.26. The number of carbonyl (C=O) groups excluding carboxylic acids is 1. The lowest BCUT2D eigenvalue weighted by Gasteiger charge is -2.35. The monoisotopic (exact) mass is 656 g/mol. The van der Waals surface area contributed by atoms with Crippen LogP contribution in [0.25, 0.3) is 33.3 Å². The zero-order valence-electron chi connectivity index (χ0n) is 26.4. The summed E-state index contributed by atoms with van der Waals surface area (Å²) in [4.78, 5) is 21.4. The van der Waals surface area contributed by atoms with E-state index >= 15 is 0 Å². The van der Waals surface area contributed by atoms with Gasteiger partial charge in [0.1, 0.15) is 5.60 Å². The molecule has 3 aromatic carbocycles. The Bertz CT molecular complexity index is 1990. The third kappa shape index (κ3) is 6.82. The first-order chi connectivity index (χ1) is 21.9. The molecule has 1 fully saturated rings. The van der Waals surface area contributed by atoms with Crippen molar-refractivity contribution in [2.24, 2.45) is 0 Å². The summed E-state index contributed by atoms with van der Waals surface area (Å²) in [5.74, 6) is 0.